The van der Waals surface area contributed by atoms with E-state index in [1.54, 1.807) is 0 Å². The molecule has 17 heavy (non-hydrogen) atoms. The Morgan fingerprint density at radius 3 is 2.53 bits per heavy atom. The van der Waals surface area contributed by atoms with Gasteiger partial charge in [0.2, 0.25) is 10.0 Å². The summed E-state index contributed by atoms with van der Waals surface area (Å²) in [4.78, 5) is 0. The maximum atomic E-state index is 13.3. The molecule has 5 nitrogen and oxygen atoms in total. The number of nitrogens with one attached hydrogen (secondary N) is 1. The Kier molecular flexibility index (Phi) is 3.98. The predicted molar refractivity (Wildman–Crippen MR) is 57.5 cm³/mol. The molecule has 1 aromatic rings. The normalized spacial score (nSPS) is 10.9. The molecule has 0 unspecified atom stereocenters. The average molecular weight is 261 g/mol. The number of benzene rings is 1. The minimum absolute atomic E-state index is 0.152. The van der Waals surface area contributed by atoms with E-state index in [-0.39, 0.29) is 12.2 Å². The molecule has 3 N–H and O–H groups in total. The van der Waals surface area contributed by atoms with Gasteiger partial charge < -0.3 is 5.32 Å². The lowest BCUT2D eigenvalue weighted by Crippen LogP contribution is -2.22. The number of primary sulfonamides is 1. The Morgan fingerprint density at radius 1 is 1.35 bits per heavy atom. The van der Waals surface area contributed by atoms with Crippen LogP contribution in [0.15, 0.2) is 12.1 Å². The van der Waals surface area contributed by atoms with E-state index in [4.69, 9.17) is 10.4 Å². The van der Waals surface area contributed by atoms with Gasteiger partial charge in [-0.15, -0.1) is 0 Å². The molecule has 0 aromatic heterocycles. The zero-order valence-corrected chi connectivity index (χ0v) is 9.39. The maximum Gasteiger partial charge on any atom is 0.210 e. The number of hydrogen-bond acceptors (Lipinski definition) is 4. The summed E-state index contributed by atoms with van der Waals surface area (Å²) >= 11 is 0. The number of hydrogen-bond donors (Lipinski definition) is 2. The molecular weight excluding hydrogens is 252 g/mol. The summed E-state index contributed by atoms with van der Waals surface area (Å²) < 4.78 is 47.6. The molecule has 8 heteroatoms. The third-order valence-electron chi connectivity index (χ3n) is 1.90. The minimum Gasteiger partial charge on any atom is -0.382 e. The molecule has 0 aliphatic carbocycles. The topological polar surface area (TPSA) is 96.0 Å². The van der Waals surface area contributed by atoms with Crippen molar-refractivity contribution in [1.82, 2.24) is 0 Å². The van der Waals surface area contributed by atoms with Crippen LogP contribution in [-0.2, 0) is 10.0 Å². The zero-order chi connectivity index (χ0) is 13.1. The third kappa shape index (κ3) is 3.65. The van der Waals surface area contributed by atoms with Gasteiger partial charge in [-0.1, -0.05) is 0 Å². The smallest absolute Gasteiger partial charge is 0.210 e. The van der Waals surface area contributed by atoms with Crippen LogP contribution in [0.2, 0.25) is 0 Å². The van der Waals surface area contributed by atoms with Crippen LogP contribution in [0.1, 0.15) is 5.56 Å². The van der Waals surface area contributed by atoms with E-state index in [1.165, 1.54) is 6.07 Å². The Hall–Kier alpha value is -1.72. The molecule has 0 radical (unpaired) electrons. The second kappa shape index (κ2) is 5.07. The number of nitriles is 1. The Bertz CT molecular complexity index is 566. The van der Waals surface area contributed by atoms with Crippen molar-refractivity contribution in [3.8, 4) is 6.07 Å². The van der Waals surface area contributed by atoms with Gasteiger partial charge in [0.15, 0.2) is 11.6 Å². The molecule has 0 heterocycles. The molecule has 0 saturated heterocycles. The van der Waals surface area contributed by atoms with Crippen LogP contribution in [0.4, 0.5) is 14.5 Å². The van der Waals surface area contributed by atoms with E-state index in [1.807, 2.05) is 0 Å². The summed E-state index contributed by atoms with van der Waals surface area (Å²) in [5.74, 6) is -2.90. The van der Waals surface area contributed by atoms with Crippen LogP contribution >= 0.6 is 0 Å². The molecule has 1 aromatic carbocycles. The van der Waals surface area contributed by atoms with Crippen molar-refractivity contribution in [1.29, 1.82) is 5.26 Å². The van der Waals surface area contributed by atoms with E-state index in [0.717, 1.165) is 12.1 Å². The lowest BCUT2D eigenvalue weighted by Gasteiger charge is -2.07. The number of sulfonamides is 1. The van der Waals surface area contributed by atoms with E-state index in [2.05, 4.69) is 5.32 Å². The first-order valence-electron chi connectivity index (χ1n) is 4.47. The van der Waals surface area contributed by atoms with Gasteiger partial charge in [0.1, 0.15) is 6.07 Å². The fourth-order valence-electron chi connectivity index (χ4n) is 1.10. The van der Waals surface area contributed by atoms with Crippen molar-refractivity contribution < 1.29 is 17.2 Å². The van der Waals surface area contributed by atoms with Crippen molar-refractivity contribution in [3.63, 3.8) is 0 Å². The third-order valence-corrected chi connectivity index (χ3v) is 2.68. The van der Waals surface area contributed by atoms with Gasteiger partial charge in [-0.2, -0.15) is 5.26 Å². The van der Waals surface area contributed by atoms with Gasteiger partial charge >= 0.3 is 0 Å². The second-order valence-corrected chi connectivity index (χ2v) is 4.93. The van der Waals surface area contributed by atoms with Gasteiger partial charge in [0.05, 0.1) is 17.0 Å². The van der Waals surface area contributed by atoms with Crippen LogP contribution in [0.5, 0.6) is 0 Å². The highest BCUT2D eigenvalue weighted by Gasteiger charge is 2.13. The van der Waals surface area contributed by atoms with E-state index < -0.39 is 33.0 Å². The lowest BCUT2D eigenvalue weighted by molar-refractivity contribution is 0.508. The predicted octanol–water partition coefficient (Wildman–Crippen LogP) is 0.537. The summed E-state index contributed by atoms with van der Waals surface area (Å²) in [6.07, 6.45) is 0. The number of rotatable bonds is 4. The Balaban J connectivity index is 2.81. The zero-order valence-electron chi connectivity index (χ0n) is 8.57. The molecular formula is C9H9F2N3O2S. The summed E-state index contributed by atoms with van der Waals surface area (Å²) in [5, 5.41) is 15.6. The average Bonchev–Trinajstić information content (AvgIpc) is 2.23. The summed E-state index contributed by atoms with van der Waals surface area (Å²) in [6, 6.07) is 3.73. The van der Waals surface area contributed by atoms with Gasteiger partial charge in [0.25, 0.3) is 0 Å². The highest BCUT2D eigenvalue weighted by molar-refractivity contribution is 7.89. The van der Waals surface area contributed by atoms with Crippen molar-refractivity contribution >= 4 is 15.7 Å². The van der Waals surface area contributed by atoms with Gasteiger partial charge in [-0.3, -0.25) is 0 Å². The largest absolute Gasteiger partial charge is 0.382 e. The Labute approximate surface area is 96.9 Å². The van der Waals surface area contributed by atoms with Crippen molar-refractivity contribution in [2.45, 2.75) is 0 Å². The second-order valence-electron chi connectivity index (χ2n) is 3.19. The molecule has 0 aliphatic heterocycles. The van der Waals surface area contributed by atoms with Gasteiger partial charge in [-0.25, -0.2) is 22.3 Å². The molecule has 0 fully saturated rings. The van der Waals surface area contributed by atoms with Crippen molar-refractivity contribution in [2.75, 3.05) is 17.6 Å². The first-order chi connectivity index (χ1) is 7.85. The maximum absolute atomic E-state index is 13.3. The fourth-order valence-corrected chi connectivity index (χ4v) is 1.49. The molecule has 0 saturated carbocycles. The molecule has 92 valence electrons. The van der Waals surface area contributed by atoms with Crippen LogP contribution in [-0.4, -0.2) is 20.7 Å². The summed E-state index contributed by atoms with van der Waals surface area (Å²) in [7, 11) is -3.66. The summed E-state index contributed by atoms with van der Waals surface area (Å²) in [6.45, 7) is -0.152. The molecule has 0 amide bonds. The number of anilines is 1. The van der Waals surface area contributed by atoms with Crippen LogP contribution in [0, 0.1) is 23.0 Å². The first-order valence-corrected chi connectivity index (χ1v) is 6.19. The minimum atomic E-state index is -3.66. The van der Waals surface area contributed by atoms with Gasteiger partial charge in [0, 0.05) is 6.54 Å². The van der Waals surface area contributed by atoms with Crippen molar-refractivity contribution in [2.24, 2.45) is 5.14 Å². The van der Waals surface area contributed by atoms with Crippen LogP contribution < -0.4 is 10.5 Å². The summed E-state index contributed by atoms with van der Waals surface area (Å²) in [5.41, 5.74) is -0.635. The number of nitrogens with zero attached hydrogens (tertiary/aromatic N) is 1. The van der Waals surface area contributed by atoms with Crippen molar-refractivity contribution in [3.05, 3.63) is 29.3 Å². The highest BCUT2D eigenvalue weighted by Crippen LogP contribution is 2.19. The first kappa shape index (κ1) is 13.3. The quantitative estimate of drug-likeness (QED) is 0.826. The van der Waals surface area contributed by atoms with E-state index in [0.29, 0.717) is 0 Å². The molecule has 0 aliphatic rings. The molecule has 0 bridgehead atoms. The van der Waals surface area contributed by atoms with Gasteiger partial charge in [-0.05, 0) is 12.1 Å². The number of nitrogens with two attached hydrogens (primary N) is 1. The fraction of sp³-hybridized carbons (Fsp3) is 0.222. The number of halogens is 2. The van der Waals surface area contributed by atoms with Crippen LogP contribution in [0.25, 0.3) is 0 Å². The standard InChI is InChI=1S/C9H9F2N3O2S/c10-8-6(5-12)1-2-7(9(8)11)14-3-4-17(13,15)16/h1-2,14H,3-4H2,(H2,13,15,16). The lowest BCUT2D eigenvalue weighted by atomic mass is 10.2. The molecule has 1 rings (SSSR count). The Morgan fingerprint density at radius 2 is 2.00 bits per heavy atom. The monoisotopic (exact) mass is 261 g/mol. The molecule has 0 atom stereocenters. The van der Waals surface area contributed by atoms with E-state index >= 15 is 0 Å². The van der Waals surface area contributed by atoms with Crippen LogP contribution in [0.3, 0.4) is 0 Å². The SMILES string of the molecule is N#Cc1ccc(NCCS(N)(=O)=O)c(F)c1F. The molecule has 0 spiro atoms. The highest BCUT2D eigenvalue weighted by atomic mass is 32.2. The van der Waals surface area contributed by atoms with E-state index in [9.17, 15) is 17.2 Å².